The Morgan fingerprint density at radius 3 is 2.85 bits per heavy atom. The van der Waals surface area contributed by atoms with E-state index in [0.717, 1.165) is 30.5 Å². The van der Waals surface area contributed by atoms with E-state index in [1.165, 1.54) is 0 Å². The second kappa shape index (κ2) is 7.22. The molecule has 5 nitrogen and oxygen atoms in total. The lowest BCUT2D eigenvalue weighted by Gasteiger charge is -2.37. The van der Waals surface area contributed by atoms with E-state index in [1.807, 2.05) is 25.2 Å². The molecule has 0 spiro atoms. The molecular formula is C21H27NO4. The first-order valence-corrected chi connectivity index (χ1v) is 9.53. The maximum absolute atomic E-state index is 13.1. The van der Waals surface area contributed by atoms with Gasteiger partial charge >= 0.3 is 5.97 Å². The molecule has 1 saturated heterocycles. The van der Waals surface area contributed by atoms with E-state index in [-0.39, 0.29) is 11.6 Å². The summed E-state index contributed by atoms with van der Waals surface area (Å²) in [7, 11) is 0. The van der Waals surface area contributed by atoms with Gasteiger partial charge in [0.2, 0.25) is 5.78 Å². The Balaban J connectivity index is 1.89. The van der Waals surface area contributed by atoms with Gasteiger partial charge in [-0.1, -0.05) is 25.8 Å². The second-order valence-electron chi connectivity index (χ2n) is 7.53. The molecule has 0 aromatic carbocycles. The smallest absolute Gasteiger partial charge is 0.317 e. The average Bonchev–Trinajstić information content (AvgIpc) is 2.86. The number of hydrogen-bond donors (Lipinski definition) is 1. The van der Waals surface area contributed by atoms with Gasteiger partial charge in [-0.2, -0.15) is 0 Å². The zero-order valence-corrected chi connectivity index (χ0v) is 15.8. The van der Waals surface area contributed by atoms with Gasteiger partial charge in [0.05, 0.1) is 0 Å². The summed E-state index contributed by atoms with van der Waals surface area (Å²) in [6.07, 6.45) is 9.50. The highest BCUT2D eigenvalue weighted by molar-refractivity contribution is 6.10. The quantitative estimate of drug-likeness (QED) is 0.449. The van der Waals surface area contributed by atoms with Crippen LogP contribution in [0, 0.1) is 11.8 Å². The van der Waals surface area contributed by atoms with E-state index in [0.29, 0.717) is 25.0 Å². The van der Waals surface area contributed by atoms with Crippen LogP contribution >= 0.6 is 0 Å². The highest BCUT2D eigenvalue weighted by atomic mass is 16.6. The standard InChI is InChI=1S/C21H27NO4/c1-4-6-7-9-17(23)18-16-11-13-10-14(8-5-2)22-12-15(13)19(24)21(16,3)26-20(18)25/h5,8,10,16,18,22H,4,6-7,9,11-12H2,1-3H3/b8-5+/t16?,18-,21+/m0/s1. The summed E-state index contributed by atoms with van der Waals surface area (Å²) in [5.74, 6) is -2.00. The van der Waals surface area contributed by atoms with Gasteiger partial charge in [-0.25, -0.2) is 0 Å². The van der Waals surface area contributed by atoms with E-state index >= 15 is 0 Å². The third kappa shape index (κ3) is 3.04. The van der Waals surface area contributed by atoms with E-state index in [2.05, 4.69) is 12.2 Å². The molecule has 0 aromatic heterocycles. The van der Waals surface area contributed by atoms with Crippen LogP contribution in [0.4, 0.5) is 0 Å². The normalized spacial score (nSPS) is 30.7. The molecule has 0 saturated carbocycles. The first-order chi connectivity index (χ1) is 12.4. The fraction of sp³-hybridized carbons (Fsp3) is 0.571. The average molecular weight is 357 g/mol. The van der Waals surface area contributed by atoms with Crippen LogP contribution in [0.2, 0.25) is 0 Å². The van der Waals surface area contributed by atoms with Crippen LogP contribution in [-0.4, -0.2) is 29.7 Å². The molecular weight excluding hydrogens is 330 g/mol. The molecule has 1 unspecified atom stereocenters. The summed E-state index contributed by atoms with van der Waals surface area (Å²) in [6, 6.07) is 0. The Labute approximate surface area is 154 Å². The van der Waals surface area contributed by atoms with Crippen molar-refractivity contribution < 1.29 is 19.1 Å². The van der Waals surface area contributed by atoms with Crippen molar-refractivity contribution >= 4 is 17.5 Å². The third-order valence-corrected chi connectivity index (χ3v) is 5.75. The minimum Gasteiger partial charge on any atom is -0.450 e. The van der Waals surface area contributed by atoms with Crippen LogP contribution in [0.1, 0.15) is 52.9 Å². The number of ether oxygens (including phenoxy) is 1. The fourth-order valence-electron chi connectivity index (χ4n) is 4.28. The molecule has 2 heterocycles. The van der Waals surface area contributed by atoms with Crippen molar-refractivity contribution in [3.63, 3.8) is 0 Å². The van der Waals surface area contributed by atoms with Crippen molar-refractivity contribution in [2.45, 2.75) is 58.5 Å². The minimum absolute atomic E-state index is 0.0828. The lowest BCUT2D eigenvalue weighted by molar-refractivity contribution is -0.157. The highest BCUT2D eigenvalue weighted by Gasteiger charge is 2.61. The van der Waals surface area contributed by atoms with E-state index in [4.69, 9.17) is 4.74 Å². The Bertz CT molecular complexity index is 730. The van der Waals surface area contributed by atoms with Crippen molar-refractivity contribution in [3.8, 4) is 0 Å². The zero-order chi connectivity index (χ0) is 18.9. The van der Waals surface area contributed by atoms with E-state index < -0.39 is 23.4 Å². The number of nitrogens with one attached hydrogen (secondary N) is 1. The summed E-state index contributed by atoms with van der Waals surface area (Å²) in [6.45, 7) is 6.11. The molecule has 2 aliphatic heterocycles. The predicted octanol–water partition coefficient (Wildman–Crippen LogP) is 3.02. The van der Waals surface area contributed by atoms with Crippen LogP contribution in [0.25, 0.3) is 0 Å². The first-order valence-electron chi connectivity index (χ1n) is 9.53. The van der Waals surface area contributed by atoms with E-state index in [1.54, 1.807) is 6.92 Å². The summed E-state index contributed by atoms with van der Waals surface area (Å²) in [5.41, 5.74) is 1.32. The van der Waals surface area contributed by atoms with Gasteiger partial charge in [-0.3, -0.25) is 14.4 Å². The maximum atomic E-state index is 13.1. The number of dihydropyridines is 1. The fourth-order valence-corrected chi connectivity index (χ4v) is 4.28. The lowest BCUT2D eigenvalue weighted by atomic mass is 9.67. The molecule has 0 aromatic rings. The second-order valence-corrected chi connectivity index (χ2v) is 7.53. The number of unbranched alkanes of at least 4 members (excludes halogenated alkanes) is 2. The molecule has 0 bridgehead atoms. The molecule has 1 N–H and O–H groups in total. The van der Waals surface area contributed by atoms with Crippen molar-refractivity contribution in [2.24, 2.45) is 11.8 Å². The zero-order valence-electron chi connectivity index (χ0n) is 15.8. The number of fused-ring (bicyclic) bond motifs is 1. The molecule has 26 heavy (non-hydrogen) atoms. The molecule has 0 amide bonds. The third-order valence-electron chi connectivity index (χ3n) is 5.75. The Hall–Kier alpha value is -2.17. The van der Waals surface area contributed by atoms with Crippen molar-refractivity contribution in [1.29, 1.82) is 0 Å². The molecule has 5 heteroatoms. The number of Topliss-reactive ketones (excluding diaryl/α,β-unsaturated/α-hetero) is 2. The minimum atomic E-state index is -1.21. The highest BCUT2D eigenvalue weighted by Crippen LogP contribution is 2.48. The number of esters is 1. The van der Waals surface area contributed by atoms with Crippen molar-refractivity contribution in [2.75, 3.05) is 6.54 Å². The van der Waals surface area contributed by atoms with Crippen molar-refractivity contribution in [1.82, 2.24) is 5.32 Å². The van der Waals surface area contributed by atoms with Crippen molar-refractivity contribution in [3.05, 3.63) is 35.1 Å². The molecule has 1 fully saturated rings. The Morgan fingerprint density at radius 2 is 2.15 bits per heavy atom. The number of allylic oxidation sites excluding steroid dienone is 4. The van der Waals surface area contributed by atoms with E-state index in [9.17, 15) is 14.4 Å². The largest absolute Gasteiger partial charge is 0.450 e. The monoisotopic (exact) mass is 357 g/mol. The summed E-state index contributed by atoms with van der Waals surface area (Å²) in [5, 5.41) is 3.21. The van der Waals surface area contributed by atoms with Gasteiger partial charge in [0.25, 0.3) is 0 Å². The number of carbonyl (C=O) groups excluding carboxylic acids is 3. The van der Waals surface area contributed by atoms with Crippen LogP contribution < -0.4 is 5.32 Å². The predicted molar refractivity (Wildman–Crippen MR) is 98.2 cm³/mol. The molecule has 3 aliphatic rings. The van der Waals surface area contributed by atoms with Crippen LogP contribution in [-0.2, 0) is 19.1 Å². The SMILES string of the molecule is C/C=C/C1=CC2=C(CN1)C(=O)[C@]1(C)OC(=O)[C@H](C(=O)CCCCC)C1C2. The molecule has 0 radical (unpaired) electrons. The Kier molecular flexibility index (Phi) is 5.17. The van der Waals surface area contributed by atoms with Crippen LogP contribution in [0.15, 0.2) is 35.1 Å². The van der Waals surface area contributed by atoms with Gasteiger partial charge in [0.1, 0.15) is 11.7 Å². The topological polar surface area (TPSA) is 72.5 Å². The summed E-state index contributed by atoms with van der Waals surface area (Å²) < 4.78 is 5.52. The van der Waals surface area contributed by atoms with Gasteiger partial charge < -0.3 is 10.1 Å². The molecule has 1 aliphatic carbocycles. The van der Waals surface area contributed by atoms with Gasteiger partial charge in [-0.15, -0.1) is 0 Å². The molecule has 3 atom stereocenters. The summed E-state index contributed by atoms with van der Waals surface area (Å²) >= 11 is 0. The van der Waals surface area contributed by atoms with Gasteiger partial charge in [0, 0.05) is 30.2 Å². The maximum Gasteiger partial charge on any atom is 0.317 e. The number of carbonyl (C=O) groups is 3. The van der Waals surface area contributed by atoms with Gasteiger partial charge in [-0.05, 0) is 44.4 Å². The lowest BCUT2D eigenvalue weighted by Crippen LogP contribution is -2.49. The number of rotatable bonds is 6. The first kappa shape index (κ1) is 18.6. The number of hydrogen-bond acceptors (Lipinski definition) is 5. The van der Waals surface area contributed by atoms with Gasteiger partial charge in [0.15, 0.2) is 5.60 Å². The van der Waals surface area contributed by atoms with Crippen LogP contribution in [0.5, 0.6) is 0 Å². The Morgan fingerprint density at radius 1 is 1.38 bits per heavy atom. The van der Waals surface area contributed by atoms with Crippen LogP contribution in [0.3, 0.4) is 0 Å². The molecule has 140 valence electrons. The molecule has 3 rings (SSSR count). The summed E-state index contributed by atoms with van der Waals surface area (Å²) in [4.78, 5) is 38.2. The number of ketones is 2.